The fourth-order valence-electron chi connectivity index (χ4n) is 1.92. The number of ether oxygens (including phenoxy) is 1. The number of carbonyl (C=O) groups is 2. The second-order valence-corrected chi connectivity index (χ2v) is 7.24. The molecule has 0 aliphatic heterocycles. The SMILES string of the molecule is C=CCOOCCCOC(=O)C(CC)(CO)CO.CCC(CO)(CO)C(=O)O.OCCCCO. The van der Waals surface area contributed by atoms with Crippen LogP contribution in [0, 0.1) is 10.8 Å². The second kappa shape index (κ2) is 24.5. The van der Waals surface area contributed by atoms with Crippen LogP contribution >= 0.6 is 0 Å². The summed E-state index contributed by atoms with van der Waals surface area (Å²) in [5.74, 6) is -1.75. The van der Waals surface area contributed by atoms with Gasteiger partial charge in [0.05, 0.1) is 39.6 Å². The van der Waals surface area contributed by atoms with Gasteiger partial charge in [-0.2, -0.15) is 0 Å². The first-order valence-electron chi connectivity index (χ1n) is 11.1. The number of aliphatic hydroxyl groups excluding tert-OH is 6. The van der Waals surface area contributed by atoms with Gasteiger partial charge < -0.3 is 40.5 Å². The Hall–Kier alpha value is -1.64. The van der Waals surface area contributed by atoms with Crippen molar-refractivity contribution in [3.63, 3.8) is 0 Å². The van der Waals surface area contributed by atoms with E-state index in [4.69, 9.17) is 45.4 Å². The maximum atomic E-state index is 11.7. The molecule has 34 heavy (non-hydrogen) atoms. The largest absolute Gasteiger partial charge is 0.481 e. The first-order valence-corrected chi connectivity index (χ1v) is 11.1. The number of carbonyl (C=O) groups excluding carboxylic acids is 1. The van der Waals surface area contributed by atoms with Gasteiger partial charge in [-0.05, 0) is 25.7 Å². The van der Waals surface area contributed by atoms with Gasteiger partial charge in [0.25, 0.3) is 0 Å². The van der Waals surface area contributed by atoms with Gasteiger partial charge in [0.15, 0.2) is 0 Å². The lowest BCUT2D eigenvalue weighted by Crippen LogP contribution is -2.39. The van der Waals surface area contributed by atoms with Gasteiger partial charge in [-0.25, -0.2) is 9.78 Å². The minimum absolute atomic E-state index is 0.151. The Kier molecular flexibility index (Phi) is 26.6. The van der Waals surface area contributed by atoms with Crippen LogP contribution in [0.2, 0.25) is 0 Å². The molecule has 0 aliphatic carbocycles. The number of hydrogen-bond donors (Lipinski definition) is 7. The highest BCUT2D eigenvalue weighted by atomic mass is 17.2. The Labute approximate surface area is 201 Å². The molecule has 0 saturated carbocycles. The van der Waals surface area contributed by atoms with Crippen LogP contribution in [0.15, 0.2) is 12.7 Å². The Morgan fingerprint density at radius 3 is 1.53 bits per heavy atom. The van der Waals surface area contributed by atoms with E-state index in [1.54, 1.807) is 19.9 Å². The van der Waals surface area contributed by atoms with Crippen LogP contribution in [0.25, 0.3) is 0 Å². The van der Waals surface area contributed by atoms with Gasteiger partial charge in [-0.15, -0.1) is 6.58 Å². The quantitative estimate of drug-likeness (QED) is 0.0424. The van der Waals surface area contributed by atoms with Crippen LogP contribution < -0.4 is 0 Å². The van der Waals surface area contributed by atoms with Crippen LogP contribution in [0.1, 0.15) is 46.0 Å². The van der Waals surface area contributed by atoms with Crippen LogP contribution in [-0.4, -0.2) is 107 Å². The van der Waals surface area contributed by atoms with E-state index in [-0.39, 0.29) is 26.2 Å². The third-order valence-corrected chi connectivity index (χ3v) is 4.89. The van der Waals surface area contributed by atoms with Crippen molar-refractivity contribution in [3.05, 3.63) is 12.7 Å². The first-order chi connectivity index (χ1) is 16.2. The third-order valence-electron chi connectivity index (χ3n) is 4.89. The first kappa shape index (κ1) is 36.9. The van der Waals surface area contributed by atoms with Crippen LogP contribution in [-0.2, 0) is 24.1 Å². The minimum atomic E-state index is -1.35. The van der Waals surface area contributed by atoms with E-state index in [2.05, 4.69) is 11.5 Å². The number of carboxylic acid groups (broad SMARTS) is 1. The zero-order chi connectivity index (χ0) is 26.9. The molecule has 0 spiro atoms. The van der Waals surface area contributed by atoms with Gasteiger partial charge in [0, 0.05) is 19.6 Å². The number of carboxylic acids is 1. The predicted molar refractivity (Wildman–Crippen MR) is 123 cm³/mol. The summed E-state index contributed by atoms with van der Waals surface area (Å²) in [4.78, 5) is 31.5. The number of aliphatic carboxylic acids is 1. The van der Waals surface area contributed by atoms with Gasteiger partial charge in [-0.3, -0.25) is 9.59 Å². The number of esters is 1. The van der Waals surface area contributed by atoms with E-state index >= 15 is 0 Å². The van der Waals surface area contributed by atoms with Crippen LogP contribution in [0.3, 0.4) is 0 Å². The molecule has 0 radical (unpaired) electrons. The average Bonchev–Trinajstić information content (AvgIpc) is 2.85. The Bertz CT molecular complexity index is 470. The van der Waals surface area contributed by atoms with Crippen LogP contribution in [0.5, 0.6) is 0 Å². The molecule has 204 valence electrons. The lowest BCUT2D eigenvalue weighted by molar-refractivity contribution is -0.287. The lowest BCUT2D eigenvalue weighted by atomic mass is 9.87. The smallest absolute Gasteiger partial charge is 0.316 e. The minimum Gasteiger partial charge on any atom is -0.481 e. The maximum Gasteiger partial charge on any atom is 0.316 e. The normalized spacial score (nSPS) is 10.9. The molecular weight excluding hydrogens is 456 g/mol. The molecule has 0 heterocycles. The predicted octanol–water partition coefficient (Wildman–Crippen LogP) is -0.362. The van der Waals surface area contributed by atoms with Crippen molar-refractivity contribution < 1.29 is 59.8 Å². The van der Waals surface area contributed by atoms with E-state index in [9.17, 15) is 9.59 Å². The van der Waals surface area contributed by atoms with E-state index in [1.807, 2.05) is 0 Å². The second-order valence-electron chi connectivity index (χ2n) is 7.24. The molecule has 0 unspecified atom stereocenters. The lowest BCUT2D eigenvalue weighted by Gasteiger charge is -2.25. The van der Waals surface area contributed by atoms with Crippen molar-refractivity contribution >= 4 is 11.9 Å². The highest BCUT2D eigenvalue weighted by Crippen LogP contribution is 2.22. The van der Waals surface area contributed by atoms with Crippen molar-refractivity contribution in [3.8, 4) is 0 Å². The molecule has 12 heteroatoms. The molecule has 0 amide bonds. The van der Waals surface area contributed by atoms with E-state index < -0.39 is 49.2 Å². The summed E-state index contributed by atoms with van der Waals surface area (Å²) in [6.07, 6.45) is 4.01. The van der Waals surface area contributed by atoms with Crippen LogP contribution in [0.4, 0.5) is 0 Å². The van der Waals surface area contributed by atoms with Crippen molar-refractivity contribution in [2.75, 3.05) is 59.5 Å². The molecule has 0 bridgehead atoms. The fraction of sp³-hybridized carbons (Fsp3) is 0.818. The topological polar surface area (TPSA) is 203 Å². The zero-order valence-electron chi connectivity index (χ0n) is 20.4. The molecule has 0 aromatic rings. The molecule has 0 saturated heterocycles. The summed E-state index contributed by atoms with van der Waals surface area (Å²) in [5, 5.41) is 60.2. The molecule has 12 nitrogen and oxygen atoms in total. The molecule has 0 aromatic heterocycles. The molecule has 0 rings (SSSR count). The molecule has 0 fully saturated rings. The number of rotatable bonds is 18. The van der Waals surface area contributed by atoms with Crippen molar-refractivity contribution in [2.45, 2.75) is 46.0 Å². The van der Waals surface area contributed by atoms with E-state index in [1.165, 1.54) is 0 Å². The Balaban J connectivity index is -0.000000501. The standard InChI is InChI=1S/C12H22O6.C6H12O4.C4H10O2/c1-3-6-17-18-8-5-7-16-11(15)12(4-2,9-13)10-14;1-2-6(3-7,4-8)5(9)10;5-3-1-2-4-6/h3,13-14H,1,4-10H2,2H3;7-8H,2-4H2,1H3,(H,9,10);5-6H,1-4H2. The zero-order valence-corrected chi connectivity index (χ0v) is 20.4. The van der Waals surface area contributed by atoms with Gasteiger partial charge in [0.1, 0.15) is 17.4 Å². The Morgan fingerprint density at radius 1 is 0.765 bits per heavy atom. The molecular formula is C22H44O12. The van der Waals surface area contributed by atoms with Crippen molar-refractivity contribution in [1.82, 2.24) is 0 Å². The summed E-state index contributed by atoms with van der Waals surface area (Å²) < 4.78 is 4.97. The summed E-state index contributed by atoms with van der Waals surface area (Å²) in [5.41, 5.74) is -2.56. The van der Waals surface area contributed by atoms with Crippen molar-refractivity contribution in [1.29, 1.82) is 0 Å². The number of unbranched alkanes of at least 4 members (excludes halogenated alkanes) is 1. The van der Waals surface area contributed by atoms with Gasteiger partial charge in [0.2, 0.25) is 0 Å². The summed E-state index contributed by atoms with van der Waals surface area (Å²) >= 11 is 0. The highest BCUT2D eigenvalue weighted by Gasteiger charge is 2.37. The average molecular weight is 501 g/mol. The van der Waals surface area contributed by atoms with Gasteiger partial charge >= 0.3 is 11.9 Å². The highest BCUT2D eigenvalue weighted by molar-refractivity contribution is 5.77. The third kappa shape index (κ3) is 16.1. The maximum absolute atomic E-state index is 11.7. The molecule has 0 atom stereocenters. The van der Waals surface area contributed by atoms with E-state index in [0.717, 1.165) is 12.8 Å². The molecule has 7 N–H and O–H groups in total. The van der Waals surface area contributed by atoms with Gasteiger partial charge in [-0.1, -0.05) is 19.9 Å². The summed E-state index contributed by atoms with van der Waals surface area (Å²) in [6, 6.07) is 0. The fourth-order valence-corrected chi connectivity index (χ4v) is 1.92. The monoisotopic (exact) mass is 500 g/mol. The number of aliphatic hydroxyl groups is 6. The summed E-state index contributed by atoms with van der Waals surface area (Å²) in [7, 11) is 0. The molecule has 0 aromatic carbocycles. The van der Waals surface area contributed by atoms with E-state index in [0.29, 0.717) is 26.1 Å². The Morgan fingerprint density at radius 2 is 1.24 bits per heavy atom. The molecule has 0 aliphatic rings. The summed E-state index contributed by atoms with van der Waals surface area (Å²) in [6.45, 7) is 6.00. The number of hydrogen-bond acceptors (Lipinski definition) is 11. The van der Waals surface area contributed by atoms with Crippen molar-refractivity contribution in [2.24, 2.45) is 10.8 Å².